The van der Waals surface area contributed by atoms with Crippen LogP contribution in [-0.4, -0.2) is 35.6 Å². The van der Waals surface area contributed by atoms with Gasteiger partial charge in [-0.1, -0.05) is 30.3 Å². The van der Waals surface area contributed by atoms with Gasteiger partial charge in [0.2, 0.25) is 6.54 Å². The summed E-state index contributed by atoms with van der Waals surface area (Å²) in [5, 5.41) is 12.5. The number of hydrogen-bond acceptors (Lipinski definition) is 5. The van der Waals surface area contributed by atoms with Gasteiger partial charge in [-0.2, -0.15) is 0 Å². The first-order chi connectivity index (χ1) is 13.4. The van der Waals surface area contributed by atoms with E-state index >= 15 is 0 Å². The molecule has 146 valence electrons. The molecule has 1 aromatic heterocycles. The van der Waals surface area contributed by atoms with Crippen LogP contribution in [-0.2, 0) is 14.9 Å². The van der Waals surface area contributed by atoms with Crippen molar-refractivity contribution in [2.24, 2.45) is 0 Å². The Kier molecular flexibility index (Phi) is 5.35. The van der Waals surface area contributed by atoms with E-state index in [1.165, 1.54) is 7.11 Å². The Balaban J connectivity index is 2.35. The van der Waals surface area contributed by atoms with Gasteiger partial charge in [-0.25, -0.2) is 0 Å². The number of nitro groups is 1. The molecule has 7 heteroatoms. The maximum atomic E-state index is 13.4. The minimum absolute atomic E-state index is 0.422. The second-order valence-electron chi connectivity index (χ2n) is 6.83. The van der Waals surface area contributed by atoms with Gasteiger partial charge in [0.05, 0.1) is 13.2 Å². The monoisotopic (exact) mass is 382 g/mol. The van der Waals surface area contributed by atoms with Gasteiger partial charge >= 0.3 is 5.97 Å². The molecule has 0 amide bonds. The third-order valence-corrected chi connectivity index (χ3v) is 4.67. The average molecular weight is 382 g/mol. The standard InChI is InChI=1S/C21H22N2O5/c1-14(2)28-20(24)21(13-23(25)26,15-7-6-8-16(11-15)27-3)18-12-22-19-10-5-4-9-17(18)19/h4-12,14,22H,13H2,1-3H3/t21-/m0/s1. The first-order valence-electron chi connectivity index (χ1n) is 8.92. The van der Waals surface area contributed by atoms with E-state index in [9.17, 15) is 14.9 Å². The van der Waals surface area contributed by atoms with Gasteiger partial charge in [0.1, 0.15) is 5.75 Å². The molecule has 28 heavy (non-hydrogen) atoms. The summed E-state index contributed by atoms with van der Waals surface area (Å²) < 4.78 is 10.8. The number of nitrogens with zero attached hydrogens (tertiary/aromatic N) is 1. The molecule has 1 heterocycles. The molecule has 1 atom stereocenters. The molecule has 0 spiro atoms. The molecule has 7 nitrogen and oxygen atoms in total. The minimum Gasteiger partial charge on any atom is -0.497 e. The van der Waals surface area contributed by atoms with Gasteiger partial charge in [0.25, 0.3) is 0 Å². The van der Waals surface area contributed by atoms with E-state index in [-0.39, 0.29) is 0 Å². The van der Waals surface area contributed by atoms with Crippen LogP contribution in [0, 0.1) is 10.1 Å². The van der Waals surface area contributed by atoms with Crippen molar-refractivity contribution in [1.29, 1.82) is 0 Å². The summed E-state index contributed by atoms with van der Waals surface area (Å²) in [7, 11) is 1.51. The minimum atomic E-state index is -1.62. The number of carbonyl (C=O) groups excluding carboxylic acids is 1. The van der Waals surface area contributed by atoms with Gasteiger partial charge in [-0.3, -0.25) is 14.9 Å². The summed E-state index contributed by atoms with van der Waals surface area (Å²) >= 11 is 0. The Bertz CT molecular complexity index is 1010. The number of hydrogen-bond donors (Lipinski definition) is 1. The number of para-hydroxylation sites is 1. The number of methoxy groups -OCH3 is 1. The topological polar surface area (TPSA) is 94.5 Å². The first-order valence-corrected chi connectivity index (χ1v) is 8.92. The Hall–Kier alpha value is -3.35. The summed E-state index contributed by atoms with van der Waals surface area (Å²) in [6, 6.07) is 14.1. The van der Waals surface area contributed by atoms with Crippen molar-refractivity contribution in [3.63, 3.8) is 0 Å². The smallest absolute Gasteiger partial charge is 0.328 e. The molecule has 0 aliphatic rings. The molecule has 0 bridgehead atoms. The van der Waals surface area contributed by atoms with E-state index in [1.807, 2.05) is 24.3 Å². The number of esters is 1. The number of benzene rings is 2. The Morgan fingerprint density at radius 1 is 1.21 bits per heavy atom. The van der Waals surface area contributed by atoms with Crippen molar-refractivity contribution in [2.45, 2.75) is 25.4 Å². The second-order valence-corrected chi connectivity index (χ2v) is 6.83. The molecule has 1 N–H and O–H groups in total. The zero-order valence-electron chi connectivity index (χ0n) is 16.0. The highest BCUT2D eigenvalue weighted by atomic mass is 16.6. The SMILES string of the molecule is COc1cccc([C@](C[N+](=O)[O-])(C(=O)OC(C)C)c2c[nH]c3ccccc23)c1. The molecule has 0 saturated heterocycles. The van der Waals surface area contributed by atoms with Gasteiger partial charge in [0.15, 0.2) is 5.41 Å². The Morgan fingerprint density at radius 2 is 1.96 bits per heavy atom. The molecule has 0 fully saturated rings. The lowest BCUT2D eigenvalue weighted by molar-refractivity contribution is -0.486. The van der Waals surface area contributed by atoms with E-state index < -0.39 is 29.0 Å². The third-order valence-electron chi connectivity index (χ3n) is 4.67. The lowest BCUT2D eigenvalue weighted by Gasteiger charge is -2.29. The van der Waals surface area contributed by atoms with Gasteiger partial charge < -0.3 is 14.5 Å². The largest absolute Gasteiger partial charge is 0.497 e. The fraction of sp³-hybridized carbons (Fsp3) is 0.286. The number of ether oxygens (including phenoxy) is 2. The summed E-state index contributed by atoms with van der Waals surface area (Å²) in [5.41, 5.74) is 0.102. The van der Waals surface area contributed by atoms with Crippen LogP contribution < -0.4 is 4.74 Å². The fourth-order valence-corrected chi connectivity index (χ4v) is 3.45. The molecule has 0 unspecified atom stereocenters. The summed E-state index contributed by atoms with van der Waals surface area (Å²) in [6.07, 6.45) is 1.23. The number of fused-ring (bicyclic) bond motifs is 1. The van der Waals surface area contributed by atoms with Crippen LogP contribution in [0.4, 0.5) is 0 Å². The molecule has 0 aliphatic heterocycles. The fourth-order valence-electron chi connectivity index (χ4n) is 3.45. The van der Waals surface area contributed by atoms with E-state index in [0.717, 1.165) is 10.9 Å². The van der Waals surface area contributed by atoms with Crippen molar-refractivity contribution in [3.05, 3.63) is 76.0 Å². The lowest BCUT2D eigenvalue weighted by Crippen LogP contribution is -2.45. The number of aromatic nitrogens is 1. The van der Waals surface area contributed by atoms with Gasteiger partial charge in [0, 0.05) is 27.6 Å². The molecule has 0 aliphatic carbocycles. The maximum Gasteiger partial charge on any atom is 0.328 e. The predicted octanol–water partition coefficient (Wildman–Crippen LogP) is 3.69. The quantitative estimate of drug-likeness (QED) is 0.382. The van der Waals surface area contributed by atoms with Crippen LogP contribution in [0.2, 0.25) is 0 Å². The summed E-state index contributed by atoms with van der Waals surface area (Å²) in [5.74, 6) is -0.167. The average Bonchev–Trinajstić information content (AvgIpc) is 3.10. The van der Waals surface area contributed by atoms with E-state index in [2.05, 4.69) is 4.98 Å². The van der Waals surface area contributed by atoms with Crippen molar-refractivity contribution in [3.8, 4) is 5.75 Å². The highest BCUT2D eigenvalue weighted by molar-refractivity contribution is 5.96. The van der Waals surface area contributed by atoms with Gasteiger partial charge in [-0.05, 0) is 37.6 Å². The van der Waals surface area contributed by atoms with Crippen LogP contribution in [0.5, 0.6) is 5.75 Å². The number of carbonyl (C=O) groups is 1. The van der Waals surface area contributed by atoms with Crippen molar-refractivity contribution < 1.29 is 19.2 Å². The predicted molar refractivity (Wildman–Crippen MR) is 105 cm³/mol. The van der Waals surface area contributed by atoms with Crippen LogP contribution >= 0.6 is 0 Å². The van der Waals surface area contributed by atoms with Gasteiger partial charge in [-0.15, -0.1) is 0 Å². The van der Waals surface area contributed by atoms with Crippen LogP contribution in [0.3, 0.4) is 0 Å². The first kappa shape index (κ1) is 19.4. The highest BCUT2D eigenvalue weighted by Crippen LogP contribution is 2.39. The van der Waals surface area contributed by atoms with Crippen molar-refractivity contribution >= 4 is 16.9 Å². The second kappa shape index (κ2) is 7.72. The zero-order chi connectivity index (χ0) is 20.3. The molecule has 0 radical (unpaired) electrons. The molecule has 3 aromatic rings. The molecular formula is C21H22N2O5. The third kappa shape index (κ3) is 3.43. The van der Waals surface area contributed by atoms with E-state index in [0.29, 0.717) is 16.9 Å². The highest BCUT2D eigenvalue weighted by Gasteiger charge is 2.50. The maximum absolute atomic E-state index is 13.4. The zero-order valence-corrected chi connectivity index (χ0v) is 16.0. The molecule has 2 aromatic carbocycles. The van der Waals surface area contributed by atoms with Crippen LogP contribution in [0.15, 0.2) is 54.7 Å². The number of H-pyrrole nitrogens is 1. The Labute approximate surface area is 162 Å². The van der Waals surface area contributed by atoms with Crippen LogP contribution in [0.1, 0.15) is 25.0 Å². The van der Waals surface area contributed by atoms with E-state index in [1.54, 1.807) is 44.3 Å². The lowest BCUT2D eigenvalue weighted by atomic mass is 9.74. The van der Waals surface area contributed by atoms with E-state index in [4.69, 9.17) is 9.47 Å². The number of rotatable bonds is 7. The number of aromatic amines is 1. The molecular weight excluding hydrogens is 360 g/mol. The van der Waals surface area contributed by atoms with Crippen molar-refractivity contribution in [2.75, 3.05) is 13.7 Å². The Morgan fingerprint density at radius 3 is 2.64 bits per heavy atom. The summed E-state index contributed by atoms with van der Waals surface area (Å²) in [6.45, 7) is 2.79. The molecule has 0 saturated carbocycles. The van der Waals surface area contributed by atoms with Crippen LogP contribution in [0.25, 0.3) is 10.9 Å². The number of nitrogens with one attached hydrogen (secondary N) is 1. The summed E-state index contributed by atoms with van der Waals surface area (Å²) in [4.78, 5) is 27.7. The normalized spacial score (nSPS) is 13.3. The molecule has 3 rings (SSSR count). The van der Waals surface area contributed by atoms with Crippen molar-refractivity contribution in [1.82, 2.24) is 4.98 Å².